The van der Waals surface area contributed by atoms with Crippen molar-refractivity contribution in [3.63, 3.8) is 0 Å². The van der Waals surface area contributed by atoms with Crippen LogP contribution in [0.2, 0.25) is 0 Å². The molecule has 2 rings (SSSR count). The van der Waals surface area contributed by atoms with Crippen molar-refractivity contribution < 1.29 is 13.0 Å². The molecule has 2 aromatic rings. The Hall–Kier alpha value is -1.40. The Morgan fingerprint density at radius 3 is 2.57 bits per heavy atom. The zero-order valence-corrected chi connectivity index (χ0v) is 8.15. The summed E-state index contributed by atoms with van der Waals surface area (Å²) in [5, 5.41) is -0.446. The summed E-state index contributed by atoms with van der Waals surface area (Å²) in [5.74, 6) is 0. The third kappa shape index (κ3) is 1.28. The van der Waals surface area contributed by atoms with E-state index in [2.05, 4.69) is 4.98 Å². The second-order valence-electron chi connectivity index (χ2n) is 2.90. The van der Waals surface area contributed by atoms with Gasteiger partial charge in [-0.1, -0.05) is 12.1 Å². The predicted molar refractivity (Wildman–Crippen MR) is 48.7 cm³/mol. The second-order valence-corrected chi connectivity index (χ2v) is 4.17. The fourth-order valence-corrected chi connectivity index (χ4v) is 1.99. The summed E-state index contributed by atoms with van der Waals surface area (Å²) < 4.78 is 33.6. The summed E-state index contributed by atoms with van der Waals surface area (Å²) in [5.41, 5.74) is 1.13. The highest BCUT2D eigenvalue weighted by molar-refractivity contribution is 7.85. The Kier molecular flexibility index (Phi) is 1.83. The van der Waals surface area contributed by atoms with Gasteiger partial charge in [-0.15, -0.1) is 0 Å². The third-order valence-electron chi connectivity index (χ3n) is 1.97. The maximum absolute atomic E-state index is 10.8. The van der Waals surface area contributed by atoms with Crippen LogP contribution in [0.3, 0.4) is 0 Å². The van der Waals surface area contributed by atoms with Gasteiger partial charge < -0.3 is 9.12 Å². The van der Waals surface area contributed by atoms with Crippen molar-refractivity contribution in [1.82, 2.24) is 9.55 Å². The number of para-hydroxylation sites is 2. The van der Waals surface area contributed by atoms with Gasteiger partial charge in [-0.25, -0.2) is 13.4 Å². The Labute approximate surface area is 80.7 Å². The highest BCUT2D eigenvalue weighted by Gasteiger charge is 2.11. The molecule has 0 aliphatic heterocycles. The van der Waals surface area contributed by atoms with Crippen LogP contribution in [0.1, 0.15) is 0 Å². The SMILES string of the molecule is Cn1c(S(=O)(=O)[O-])nc2ccccc21. The molecule has 0 saturated heterocycles. The van der Waals surface area contributed by atoms with Gasteiger partial charge in [0, 0.05) is 7.05 Å². The van der Waals surface area contributed by atoms with Crippen LogP contribution in [0.4, 0.5) is 0 Å². The van der Waals surface area contributed by atoms with Crippen molar-refractivity contribution in [2.24, 2.45) is 7.05 Å². The molecule has 74 valence electrons. The molecule has 0 radical (unpaired) electrons. The van der Waals surface area contributed by atoms with Gasteiger partial charge in [-0.3, -0.25) is 0 Å². The maximum Gasteiger partial charge on any atom is 0.215 e. The van der Waals surface area contributed by atoms with Gasteiger partial charge in [0.1, 0.15) is 0 Å². The average Bonchev–Trinajstić information content (AvgIpc) is 2.44. The van der Waals surface area contributed by atoms with E-state index in [4.69, 9.17) is 0 Å². The molecule has 0 unspecified atom stereocenters. The molecule has 0 aliphatic rings. The van der Waals surface area contributed by atoms with Crippen LogP contribution >= 0.6 is 0 Å². The molecule has 0 fully saturated rings. The van der Waals surface area contributed by atoms with Crippen LogP contribution in [0, 0.1) is 0 Å². The first-order valence-corrected chi connectivity index (χ1v) is 5.28. The molecule has 6 heteroatoms. The number of rotatable bonds is 1. The van der Waals surface area contributed by atoms with Crippen LogP contribution in [-0.4, -0.2) is 22.5 Å². The lowest BCUT2D eigenvalue weighted by Crippen LogP contribution is -2.06. The number of fused-ring (bicyclic) bond motifs is 1. The number of hydrogen-bond acceptors (Lipinski definition) is 4. The van der Waals surface area contributed by atoms with Gasteiger partial charge in [0.05, 0.1) is 11.0 Å². The van der Waals surface area contributed by atoms with Gasteiger partial charge in [0.15, 0.2) is 10.1 Å². The van der Waals surface area contributed by atoms with Crippen molar-refractivity contribution in [1.29, 1.82) is 0 Å². The molecule has 0 aliphatic carbocycles. The number of nitrogens with zero attached hydrogens (tertiary/aromatic N) is 2. The van der Waals surface area contributed by atoms with Gasteiger partial charge >= 0.3 is 0 Å². The smallest absolute Gasteiger partial charge is 0.215 e. The molecule has 1 aromatic carbocycles. The highest BCUT2D eigenvalue weighted by atomic mass is 32.2. The molecule has 0 spiro atoms. The van der Waals surface area contributed by atoms with E-state index in [1.165, 1.54) is 11.6 Å². The molecule has 14 heavy (non-hydrogen) atoms. The van der Waals surface area contributed by atoms with E-state index in [1.807, 2.05) is 0 Å². The first kappa shape index (κ1) is 9.17. The summed E-state index contributed by atoms with van der Waals surface area (Å²) in [6.07, 6.45) is 0. The number of hydrogen-bond donors (Lipinski definition) is 0. The van der Waals surface area contributed by atoms with Gasteiger partial charge in [0.25, 0.3) is 0 Å². The molecule has 1 heterocycles. The fraction of sp³-hybridized carbons (Fsp3) is 0.125. The topological polar surface area (TPSA) is 75.0 Å². The van der Waals surface area contributed by atoms with Crippen LogP contribution in [0.5, 0.6) is 0 Å². The summed E-state index contributed by atoms with van der Waals surface area (Å²) >= 11 is 0. The lowest BCUT2D eigenvalue weighted by atomic mass is 10.3. The normalized spacial score (nSPS) is 12.1. The lowest BCUT2D eigenvalue weighted by Gasteiger charge is -2.05. The largest absolute Gasteiger partial charge is 0.742 e. The number of aromatic nitrogens is 2. The first-order chi connectivity index (χ1) is 6.50. The van der Waals surface area contributed by atoms with Crippen LogP contribution < -0.4 is 0 Å². The molecule has 0 N–H and O–H groups in total. The highest BCUT2D eigenvalue weighted by Crippen LogP contribution is 2.16. The van der Waals surface area contributed by atoms with Crippen molar-refractivity contribution in [2.45, 2.75) is 5.16 Å². The standard InChI is InChI=1S/C8H8N2O3S/c1-10-7-5-3-2-4-6(7)9-8(10)14(11,12)13/h2-5H,1H3,(H,11,12,13)/p-1. The number of aryl methyl sites for hydroxylation is 1. The van der Waals surface area contributed by atoms with E-state index >= 15 is 0 Å². The Morgan fingerprint density at radius 2 is 2.00 bits per heavy atom. The number of benzene rings is 1. The van der Waals surface area contributed by atoms with Crippen molar-refractivity contribution in [3.8, 4) is 0 Å². The minimum atomic E-state index is -4.49. The fourth-order valence-electron chi connectivity index (χ4n) is 1.35. The van der Waals surface area contributed by atoms with Crippen LogP contribution in [0.25, 0.3) is 11.0 Å². The van der Waals surface area contributed by atoms with Gasteiger partial charge in [-0.2, -0.15) is 0 Å². The second kappa shape index (κ2) is 2.79. The van der Waals surface area contributed by atoms with E-state index in [0.717, 1.165) is 0 Å². The number of imidazole rings is 1. The monoisotopic (exact) mass is 211 g/mol. The van der Waals surface area contributed by atoms with Crippen LogP contribution in [-0.2, 0) is 17.2 Å². The van der Waals surface area contributed by atoms with Crippen LogP contribution in [0.15, 0.2) is 29.4 Å². The van der Waals surface area contributed by atoms with Crippen molar-refractivity contribution >= 4 is 21.2 Å². The average molecular weight is 211 g/mol. The summed E-state index contributed by atoms with van der Waals surface area (Å²) in [6.45, 7) is 0. The van der Waals surface area contributed by atoms with Gasteiger partial charge in [-0.05, 0) is 12.1 Å². The first-order valence-electron chi connectivity index (χ1n) is 3.87. The predicted octanol–water partition coefficient (Wildman–Crippen LogP) is 0.477. The molecule has 0 amide bonds. The Morgan fingerprint density at radius 1 is 1.36 bits per heavy atom. The summed E-state index contributed by atoms with van der Waals surface area (Å²) in [6, 6.07) is 6.85. The quantitative estimate of drug-likeness (QED) is 0.643. The lowest BCUT2D eigenvalue weighted by molar-refractivity contribution is 0.450. The molecule has 1 aromatic heterocycles. The molecule has 0 bridgehead atoms. The van der Waals surface area contributed by atoms with E-state index in [1.54, 1.807) is 24.3 Å². The zero-order valence-electron chi connectivity index (χ0n) is 7.34. The van der Waals surface area contributed by atoms with E-state index < -0.39 is 15.3 Å². The molecule has 0 atom stereocenters. The minimum Gasteiger partial charge on any atom is -0.742 e. The Bertz CT molecular complexity index is 586. The summed E-state index contributed by atoms with van der Waals surface area (Å²) in [7, 11) is -2.99. The van der Waals surface area contributed by atoms with Crippen molar-refractivity contribution in [2.75, 3.05) is 0 Å². The van der Waals surface area contributed by atoms with E-state index in [-0.39, 0.29) is 0 Å². The van der Waals surface area contributed by atoms with Gasteiger partial charge in [0.2, 0.25) is 5.16 Å². The van der Waals surface area contributed by atoms with E-state index in [9.17, 15) is 13.0 Å². The molecular weight excluding hydrogens is 204 g/mol. The molecular formula is C8H7N2O3S-. The van der Waals surface area contributed by atoms with E-state index in [0.29, 0.717) is 11.0 Å². The molecule has 0 saturated carbocycles. The maximum atomic E-state index is 10.8. The molecule has 5 nitrogen and oxygen atoms in total. The zero-order chi connectivity index (χ0) is 10.3. The Balaban J connectivity index is 2.89. The minimum absolute atomic E-state index is 0.446. The van der Waals surface area contributed by atoms with Crippen molar-refractivity contribution in [3.05, 3.63) is 24.3 Å². The third-order valence-corrected chi connectivity index (χ3v) is 2.78. The summed E-state index contributed by atoms with van der Waals surface area (Å²) in [4.78, 5) is 3.75.